The predicted molar refractivity (Wildman–Crippen MR) is 146 cm³/mol. The summed E-state index contributed by atoms with van der Waals surface area (Å²) in [6.07, 6.45) is 3.80. The number of aromatic nitrogens is 2. The standard InChI is InChI=1S/C29H28N4O2S/c1-19(2)20-12-14-22(15-13-20)33-27(26(31-29(33)36)24-10-4-5-16-30-24)25-11-7-17-32(25)23-9-6-8-21(18-23)28(34)35-3/h4-19,26-27H,1-3H3,(H,31,36)/t26-,27-/m1/s1. The topological polar surface area (TPSA) is 59.4 Å². The summed E-state index contributed by atoms with van der Waals surface area (Å²) >= 11 is 5.88. The smallest absolute Gasteiger partial charge is 0.337 e. The van der Waals surface area contributed by atoms with Crippen molar-refractivity contribution in [1.29, 1.82) is 0 Å². The van der Waals surface area contributed by atoms with Gasteiger partial charge in [-0.25, -0.2) is 4.79 Å². The van der Waals surface area contributed by atoms with Gasteiger partial charge in [0.2, 0.25) is 0 Å². The van der Waals surface area contributed by atoms with Crippen LogP contribution in [0.1, 0.15) is 59.2 Å². The molecule has 1 fully saturated rings. The van der Waals surface area contributed by atoms with Gasteiger partial charge < -0.3 is 19.5 Å². The minimum atomic E-state index is -0.368. The van der Waals surface area contributed by atoms with Gasteiger partial charge in [-0.1, -0.05) is 38.1 Å². The number of carbonyl (C=O) groups is 1. The lowest BCUT2D eigenvalue weighted by atomic mass is 9.99. The summed E-state index contributed by atoms with van der Waals surface area (Å²) in [5, 5.41) is 4.16. The van der Waals surface area contributed by atoms with E-state index < -0.39 is 0 Å². The maximum absolute atomic E-state index is 12.2. The summed E-state index contributed by atoms with van der Waals surface area (Å²) in [4.78, 5) is 19.0. The summed E-state index contributed by atoms with van der Waals surface area (Å²) in [5.41, 5.74) is 5.58. The number of benzene rings is 2. The molecule has 0 unspecified atom stereocenters. The third-order valence-electron chi connectivity index (χ3n) is 6.56. The molecule has 7 heteroatoms. The van der Waals surface area contributed by atoms with E-state index in [1.54, 1.807) is 12.3 Å². The molecule has 0 amide bonds. The van der Waals surface area contributed by atoms with Crippen LogP contribution in [-0.4, -0.2) is 27.7 Å². The lowest BCUT2D eigenvalue weighted by Gasteiger charge is -2.29. The maximum Gasteiger partial charge on any atom is 0.337 e. The van der Waals surface area contributed by atoms with Gasteiger partial charge in [-0.05, 0) is 78.3 Å². The first-order chi connectivity index (χ1) is 17.5. The Morgan fingerprint density at radius 2 is 1.81 bits per heavy atom. The zero-order chi connectivity index (χ0) is 25.2. The minimum Gasteiger partial charge on any atom is -0.465 e. The van der Waals surface area contributed by atoms with Crippen molar-refractivity contribution in [1.82, 2.24) is 14.9 Å². The van der Waals surface area contributed by atoms with Gasteiger partial charge in [-0.3, -0.25) is 4.98 Å². The zero-order valence-corrected chi connectivity index (χ0v) is 21.3. The molecule has 0 spiro atoms. The number of carbonyl (C=O) groups excluding carboxylic acids is 1. The molecule has 36 heavy (non-hydrogen) atoms. The summed E-state index contributed by atoms with van der Waals surface area (Å²) < 4.78 is 7.03. The number of ether oxygens (including phenoxy) is 1. The predicted octanol–water partition coefficient (Wildman–Crippen LogP) is 5.96. The van der Waals surface area contributed by atoms with E-state index in [1.165, 1.54) is 12.7 Å². The molecule has 2 aromatic carbocycles. The van der Waals surface area contributed by atoms with Crippen LogP contribution in [0.4, 0.5) is 5.69 Å². The number of nitrogens with one attached hydrogen (secondary N) is 1. The molecule has 1 aliphatic rings. The third-order valence-corrected chi connectivity index (χ3v) is 6.88. The highest BCUT2D eigenvalue weighted by Gasteiger charge is 2.42. The van der Waals surface area contributed by atoms with E-state index in [0.717, 1.165) is 22.8 Å². The fourth-order valence-corrected chi connectivity index (χ4v) is 5.07. The van der Waals surface area contributed by atoms with Gasteiger partial charge in [-0.2, -0.15) is 0 Å². The number of hydrogen-bond acceptors (Lipinski definition) is 4. The number of pyridine rings is 1. The molecule has 4 aromatic rings. The van der Waals surface area contributed by atoms with Crippen molar-refractivity contribution in [3.05, 3.63) is 114 Å². The second-order valence-electron chi connectivity index (χ2n) is 9.09. The summed E-state index contributed by atoms with van der Waals surface area (Å²) in [6, 6.07) is 25.7. The number of methoxy groups -OCH3 is 1. The van der Waals surface area contributed by atoms with Crippen molar-refractivity contribution in [3.63, 3.8) is 0 Å². The van der Waals surface area contributed by atoms with Crippen molar-refractivity contribution in [3.8, 4) is 5.69 Å². The van der Waals surface area contributed by atoms with Crippen LogP contribution in [0.5, 0.6) is 0 Å². The first-order valence-corrected chi connectivity index (χ1v) is 12.4. The molecule has 0 radical (unpaired) electrons. The molecule has 1 saturated heterocycles. The van der Waals surface area contributed by atoms with Crippen molar-refractivity contribution >= 4 is 29.0 Å². The van der Waals surface area contributed by atoms with E-state index in [-0.39, 0.29) is 18.1 Å². The van der Waals surface area contributed by atoms with Gasteiger partial charge in [-0.15, -0.1) is 0 Å². The average Bonchev–Trinajstić information content (AvgIpc) is 3.53. The highest BCUT2D eigenvalue weighted by molar-refractivity contribution is 7.80. The molecule has 2 atom stereocenters. The maximum atomic E-state index is 12.2. The van der Waals surface area contributed by atoms with Gasteiger partial charge in [0.05, 0.1) is 24.4 Å². The van der Waals surface area contributed by atoms with E-state index in [2.05, 4.69) is 63.9 Å². The van der Waals surface area contributed by atoms with Crippen molar-refractivity contribution in [2.75, 3.05) is 12.0 Å². The van der Waals surface area contributed by atoms with Gasteiger partial charge in [0.15, 0.2) is 5.11 Å². The third kappa shape index (κ3) is 4.38. The molecule has 0 aliphatic carbocycles. The normalized spacial score (nSPS) is 17.3. The Labute approximate surface area is 216 Å². The monoisotopic (exact) mass is 496 g/mol. The first-order valence-electron chi connectivity index (χ1n) is 11.9. The lowest BCUT2D eigenvalue weighted by molar-refractivity contribution is 0.0600. The van der Waals surface area contributed by atoms with Crippen LogP contribution in [-0.2, 0) is 4.74 Å². The van der Waals surface area contributed by atoms with E-state index in [0.29, 0.717) is 16.6 Å². The van der Waals surface area contributed by atoms with E-state index in [9.17, 15) is 4.79 Å². The van der Waals surface area contributed by atoms with Gasteiger partial charge >= 0.3 is 5.97 Å². The second kappa shape index (κ2) is 9.95. The molecule has 5 rings (SSSR count). The Kier molecular flexibility index (Phi) is 6.57. The number of esters is 1. The Morgan fingerprint density at radius 3 is 2.50 bits per heavy atom. The molecule has 3 heterocycles. The summed E-state index contributed by atoms with van der Waals surface area (Å²) in [5.74, 6) is 0.0755. The Morgan fingerprint density at radius 1 is 1.00 bits per heavy atom. The van der Waals surface area contributed by atoms with Gasteiger partial charge in [0.1, 0.15) is 6.04 Å². The van der Waals surface area contributed by atoms with E-state index in [1.807, 2.05) is 48.7 Å². The SMILES string of the molecule is COC(=O)c1cccc(-n2cccc2[C@@H]2[C@@H](c3ccccn3)NC(=S)N2c2ccc(C(C)C)cc2)c1. The number of hydrogen-bond donors (Lipinski definition) is 1. The fourth-order valence-electron chi connectivity index (χ4n) is 4.72. The highest BCUT2D eigenvalue weighted by Crippen LogP contribution is 2.42. The van der Waals surface area contributed by atoms with E-state index >= 15 is 0 Å². The number of nitrogens with zero attached hydrogens (tertiary/aromatic N) is 3. The number of rotatable bonds is 6. The summed E-state index contributed by atoms with van der Waals surface area (Å²) in [6.45, 7) is 4.37. The van der Waals surface area contributed by atoms with Crippen molar-refractivity contribution < 1.29 is 9.53 Å². The number of anilines is 1. The summed E-state index contributed by atoms with van der Waals surface area (Å²) in [7, 11) is 1.39. The van der Waals surface area contributed by atoms with Gasteiger partial charge in [0.25, 0.3) is 0 Å². The van der Waals surface area contributed by atoms with Crippen molar-refractivity contribution in [2.45, 2.75) is 31.8 Å². The molecule has 0 saturated carbocycles. The molecule has 2 aromatic heterocycles. The molecule has 6 nitrogen and oxygen atoms in total. The quantitative estimate of drug-likeness (QED) is 0.263. The highest BCUT2D eigenvalue weighted by atomic mass is 32.1. The minimum absolute atomic E-state index is 0.166. The largest absolute Gasteiger partial charge is 0.465 e. The first kappa shape index (κ1) is 23.8. The van der Waals surface area contributed by atoms with Crippen LogP contribution in [0.25, 0.3) is 5.69 Å². The van der Waals surface area contributed by atoms with Crippen LogP contribution in [0.2, 0.25) is 0 Å². The van der Waals surface area contributed by atoms with E-state index in [4.69, 9.17) is 17.0 Å². The Balaban J connectivity index is 1.63. The van der Waals surface area contributed by atoms with Crippen LogP contribution in [0.3, 0.4) is 0 Å². The Bertz CT molecular complexity index is 1380. The van der Waals surface area contributed by atoms with Crippen LogP contribution in [0.15, 0.2) is 91.3 Å². The lowest BCUT2D eigenvalue weighted by Crippen LogP contribution is -2.30. The van der Waals surface area contributed by atoms with Crippen molar-refractivity contribution in [2.24, 2.45) is 0 Å². The van der Waals surface area contributed by atoms with Gasteiger partial charge in [0, 0.05) is 29.5 Å². The zero-order valence-electron chi connectivity index (χ0n) is 20.5. The molecule has 0 bridgehead atoms. The average molecular weight is 497 g/mol. The Hall–Kier alpha value is -3.97. The van der Waals surface area contributed by atoms with Crippen LogP contribution >= 0.6 is 12.2 Å². The molecular weight excluding hydrogens is 468 g/mol. The molecule has 1 aliphatic heterocycles. The molecule has 182 valence electrons. The number of thiocarbonyl (C=S) groups is 1. The molecule has 1 N–H and O–H groups in total. The van der Waals surface area contributed by atoms with Crippen LogP contribution < -0.4 is 10.2 Å². The molecular formula is C29H28N4O2S. The fraction of sp³-hybridized carbons (Fsp3) is 0.207. The second-order valence-corrected chi connectivity index (χ2v) is 9.47. The van der Waals surface area contributed by atoms with Crippen LogP contribution in [0, 0.1) is 0 Å².